The fraction of sp³-hybridized carbons (Fsp3) is 0.333. The Morgan fingerprint density at radius 3 is 1.43 bits per heavy atom. The predicted octanol–water partition coefficient (Wildman–Crippen LogP) is 2.93. The molecule has 0 aliphatic rings. The summed E-state index contributed by atoms with van der Waals surface area (Å²) in [6.07, 6.45) is 0. The quantitative estimate of drug-likeness (QED) is 0.764. The maximum atomic E-state index is 6.32. The molecule has 2 aromatic rings. The molecule has 0 spiro atoms. The zero-order valence-corrected chi connectivity index (χ0v) is 14.3. The monoisotopic (exact) mass is 300 g/mol. The van der Waals surface area contributed by atoms with Gasteiger partial charge in [-0.1, -0.05) is 48.5 Å². The van der Waals surface area contributed by atoms with Crippen molar-refractivity contribution in [3.8, 4) is 0 Å². The first-order valence-corrected chi connectivity index (χ1v) is 9.37. The Morgan fingerprint density at radius 2 is 1.10 bits per heavy atom. The van der Waals surface area contributed by atoms with Crippen LogP contribution in [0.4, 0.5) is 0 Å². The van der Waals surface area contributed by atoms with Gasteiger partial charge in [-0.15, -0.1) is 0 Å². The molecule has 0 fully saturated rings. The van der Waals surface area contributed by atoms with Gasteiger partial charge in [0.25, 0.3) is 0 Å². The van der Waals surface area contributed by atoms with Crippen molar-refractivity contribution in [1.29, 1.82) is 0 Å². The van der Waals surface area contributed by atoms with Crippen molar-refractivity contribution in [3.05, 3.63) is 59.7 Å². The Balaban J connectivity index is 2.69. The highest BCUT2D eigenvalue weighted by Crippen LogP contribution is 2.14. The van der Waals surface area contributed by atoms with Gasteiger partial charge in [-0.3, -0.25) is 0 Å². The summed E-state index contributed by atoms with van der Waals surface area (Å²) in [5.41, 5.74) is 2.46. The minimum absolute atomic E-state index is 0.648. The minimum atomic E-state index is -2.64. The van der Waals surface area contributed by atoms with Gasteiger partial charge in [0.15, 0.2) is 0 Å². The first-order valence-electron chi connectivity index (χ1n) is 7.55. The number of rotatable bonds is 6. The molecule has 3 heteroatoms. The maximum absolute atomic E-state index is 6.32. The van der Waals surface area contributed by atoms with E-state index in [1.54, 1.807) is 0 Å². The van der Waals surface area contributed by atoms with Gasteiger partial charge >= 0.3 is 8.56 Å². The summed E-state index contributed by atoms with van der Waals surface area (Å²) in [5, 5.41) is 2.42. The molecule has 0 bridgehead atoms. The van der Waals surface area contributed by atoms with Crippen LogP contribution >= 0.6 is 0 Å². The third-order valence-corrected chi connectivity index (χ3v) is 7.63. The lowest BCUT2D eigenvalue weighted by Crippen LogP contribution is -2.64. The molecule has 2 rings (SSSR count). The van der Waals surface area contributed by atoms with E-state index in [9.17, 15) is 0 Å². The van der Waals surface area contributed by atoms with Gasteiger partial charge in [-0.2, -0.15) is 0 Å². The Hall–Kier alpha value is -1.42. The molecule has 0 N–H and O–H groups in total. The van der Waals surface area contributed by atoms with Crippen molar-refractivity contribution in [2.75, 3.05) is 13.2 Å². The van der Waals surface area contributed by atoms with Crippen LogP contribution in [-0.4, -0.2) is 21.8 Å². The molecule has 0 radical (unpaired) electrons. The van der Waals surface area contributed by atoms with Gasteiger partial charge < -0.3 is 8.85 Å². The van der Waals surface area contributed by atoms with E-state index in [0.717, 1.165) is 0 Å². The maximum Gasteiger partial charge on any atom is 0.407 e. The minimum Gasteiger partial charge on any atom is -0.388 e. The molecule has 0 aliphatic carbocycles. The Bertz CT molecular complexity index is 542. The summed E-state index contributed by atoms with van der Waals surface area (Å²) in [6, 6.07) is 16.8. The van der Waals surface area contributed by atoms with Crippen LogP contribution in [0, 0.1) is 13.8 Å². The fourth-order valence-electron chi connectivity index (χ4n) is 2.79. The Labute approximate surface area is 129 Å². The van der Waals surface area contributed by atoms with E-state index in [0.29, 0.717) is 13.2 Å². The van der Waals surface area contributed by atoms with E-state index in [4.69, 9.17) is 8.85 Å². The van der Waals surface area contributed by atoms with E-state index in [-0.39, 0.29) is 0 Å². The third-order valence-electron chi connectivity index (χ3n) is 3.69. The molecule has 0 saturated heterocycles. The molecule has 0 heterocycles. The second-order valence-electron chi connectivity index (χ2n) is 5.11. The SMILES string of the molecule is CCO[Si](OCC)(c1ccccc1C)c1ccccc1C. The summed E-state index contributed by atoms with van der Waals surface area (Å²) >= 11 is 0. The summed E-state index contributed by atoms with van der Waals surface area (Å²) in [4.78, 5) is 0. The van der Waals surface area contributed by atoms with Crippen LogP contribution in [0.15, 0.2) is 48.5 Å². The molecule has 0 atom stereocenters. The second kappa shape index (κ2) is 7.03. The molecule has 2 nitrogen and oxygen atoms in total. The van der Waals surface area contributed by atoms with Crippen LogP contribution in [0.2, 0.25) is 0 Å². The second-order valence-corrected chi connectivity index (χ2v) is 8.00. The van der Waals surface area contributed by atoms with E-state index < -0.39 is 8.56 Å². The molecular weight excluding hydrogens is 276 g/mol. The third kappa shape index (κ3) is 3.10. The molecule has 21 heavy (non-hydrogen) atoms. The van der Waals surface area contributed by atoms with Gasteiger partial charge in [-0.25, -0.2) is 0 Å². The zero-order chi connectivity index (χ0) is 15.3. The average Bonchev–Trinajstić information content (AvgIpc) is 2.48. The van der Waals surface area contributed by atoms with Gasteiger partial charge in [0, 0.05) is 23.6 Å². The highest BCUT2D eigenvalue weighted by atomic mass is 28.4. The van der Waals surface area contributed by atoms with E-state index in [2.05, 4.69) is 62.4 Å². The number of hydrogen-bond acceptors (Lipinski definition) is 2. The standard InChI is InChI=1S/C18H24O2Si/c1-5-19-21(20-6-2,17-13-9-7-11-15(17)3)18-14-10-8-12-16(18)4/h7-14H,5-6H2,1-4H3. The normalized spacial score (nSPS) is 11.6. The van der Waals surface area contributed by atoms with E-state index >= 15 is 0 Å². The predicted molar refractivity (Wildman–Crippen MR) is 90.6 cm³/mol. The smallest absolute Gasteiger partial charge is 0.388 e. The van der Waals surface area contributed by atoms with Crippen molar-refractivity contribution in [3.63, 3.8) is 0 Å². The van der Waals surface area contributed by atoms with Crippen LogP contribution in [0.25, 0.3) is 0 Å². The molecule has 112 valence electrons. The molecule has 0 aromatic heterocycles. The highest BCUT2D eigenvalue weighted by molar-refractivity contribution is 6.93. The van der Waals surface area contributed by atoms with Crippen molar-refractivity contribution in [1.82, 2.24) is 0 Å². The highest BCUT2D eigenvalue weighted by Gasteiger charge is 2.44. The molecule has 0 amide bonds. The lowest BCUT2D eigenvalue weighted by Gasteiger charge is -2.32. The number of benzene rings is 2. The first kappa shape index (κ1) is 16.0. The largest absolute Gasteiger partial charge is 0.407 e. The lowest BCUT2D eigenvalue weighted by molar-refractivity contribution is 0.208. The summed E-state index contributed by atoms with van der Waals surface area (Å²) in [6.45, 7) is 9.64. The van der Waals surface area contributed by atoms with E-state index in [1.807, 2.05) is 13.8 Å². The molecule has 0 aliphatic heterocycles. The van der Waals surface area contributed by atoms with Crippen molar-refractivity contribution >= 4 is 18.9 Å². The topological polar surface area (TPSA) is 18.5 Å². The summed E-state index contributed by atoms with van der Waals surface area (Å²) in [7, 11) is -2.64. The van der Waals surface area contributed by atoms with Crippen molar-refractivity contribution in [2.45, 2.75) is 27.7 Å². The molecule has 2 aromatic carbocycles. The van der Waals surface area contributed by atoms with E-state index in [1.165, 1.54) is 21.5 Å². The first-order chi connectivity index (χ1) is 10.2. The fourth-order valence-corrected chi connectivity index (χ4v) is 6.43. The number of aryl methyl sites for hydroxylation is 2. The van der Waals surface area contributed by atoms with Gasteiger partial charge in [-0.05, 0) is 38.8 Å². The van der Waals surface area contributed by atoms with Crippen LogP contribution in [0.3, 0.4) is 0 Å². The molecule has 0 saturated carbocycles. The zero-order valence-electron chi connectivity index (χ0n) is 13.3. The Morgan fingerprint density at radius 1 is 0.714 bits per heavy atom. The van der Waals surface area contributed by atoms with Gasteiger partial charge in [0.1, 0.15) is 0 Å². The van der Waals surface area contributed by atoms with Crippen molar-refractivity contribution in [2.24, 2.45) is 0 Å². The van der Waals surface area contributed by atoms with Crippen LogP contribution in [0.5, 0.6) is 0 Å². The van der Waals surface area contributed by atoms with Gasteiger partial charge in [0.05, 0.1) is 0 Å². The van der Waals surface area contributed by atoms with Crippen LogP contribution in [0.1, 0.15) is 25.0 Å². The average molecular weight is 300 g/mol. The summed E-state index contributed by atoms with van der Waals surface area (Å²) in [5.74, 6) is 0. The Kier molecular flexibility index (Phi) is 5.34. The van der Waals surface area contributed by atoms with Crippen LogP contribution < -0.4 is 10.4 Å². The summed E-state index contributed by atoms with van der Waals surface area (Å²) < 4.78 is 12.6. The molecule has 0 unspecified atom stereocenters. The van der Waals surface area contributed by atoms with Gasteiger partial charge in [0.2, 0.25) is 0 Å². The number of hydrogen-bond donors (Lipinski definition) is 0. The molecular formula is C18H24O2Si. The lowest BCUT2D eigenvalue weighted by atomic mass is 10.2. The van der Waals surface area contributed by atoms with Crippen LogP contribution in [-0.2, 0) is 8.85 Å². The van der Waals surface area contributed by atoms with Crippen molar-refractivity contribution < 1.29 is 8.85 Å².